The molecule has 0 aliphatic carbocycles. The fourth-order valence-electron chi connectivity index (χ4n) is 2.02. The van der Waals surface area contributed by atoms with Crippen molar-refractivity contribution >= 4 is 5.97 Å². The van der Waals surface area contributed by atoms with Crippen LogP contribution in [0.5, 0.6) is 5.88 Å². The van der Waals surface area contributed by atoms with Crippen LogP contribution in [-0.4, -0.2) is 38.8 Å². The maximum Gasteiger partial charge on any atom is 0.422 e. The van der Waals surface area contributed by atoms with Crippen molar-refractivity contribution in [2.24, 2.45) is 7.05 Å². The molecule has 2 aromatic heterocycles. The molecule has 120 valence electrons. The number of carboxylic acids is 1. The number of hydrogen-bond acceptors (Lipinski definition) is 5. The summed E-state index contributed by atoms with van der Waals surface area (Å²) in [6.45, 7) is 1.37. The Morgan fingerprint density at radius 3 is 2.59 bits per heavy atom. The molecule has 0 bridgehead atoms. The summed E-state index contributed by atoms with van der Waals surface area (Å²) < 4.78 is 47.7. The van der Waals surface area contributed by atoms with Crippen molar-refractivity contribution in [3.63, 3.8) is 0 Å². The third-order valence-electron chi connectivity index (χ3n) is 2.86. The van der Waals surface area contributed by atoms with Crippen LogP contribution in [0.3, 0.4) is 0 Å². The normalized spacial score (nSPS) is 11.7. The van der Waals surface area contributed by atoms with E-state index in [9.17, 15) is 23.1 Å². The van der Waals surface area contributed by atoms with Crippen LogP contribution in [0.4, 0.5) is 13.2 Å². The fraction of sp³-hybridized carbons (Fsp3) is 0.417. The Labute approximate surface area is 122 Å². The highest BCUT2D eigenvalue weighted by molar-refractivity contribution is 5.96. The number of carboxylic acid groups (broad SMARTS) is 1. The molecule has 1 N–H and O–H groups in total. The number of alkyl halides is 3. The maximum absolute atomic E-state index is 12.3. The van der Waals surface area contributed by atoms with Crippen molar-refractivity contribution in [2.45, 2.75) is 20.0 Å². The van der Waals surface area contributed by atoms with E-state index < -0.39 is 18.8 Å². The van der Waals surface area contributed by atoms with Gasteiger partial charge in [0, 0.05) is 7.05 Å². The molecular weight excluding hydrogens is 307 g/mol. The van der Waals surface area contributed by atoms with Gasteiger partial charge in [-0.2, -0.15) is 18.3 Å². The molecule has 0 fully saturated rings. The van der Waals surface area contributed by atoms with E-state index in [1.54, 1.807) is 0 Å². The molecule has 22 heavy (non-hydrogen) atoms. The third-order valence-corrected chi connectivity index (χ3v) is 2.86. The molecule has 7 nitrogen and oxygen atoms in total. The van der Waals surface area contributed by atoms with Gasteiger partial charge < -0.3 is 14.4 Å². The molecule has 2 rings (SSSR count). The van der Waals surface area contributed by atoms with Gasteiger partial charge >= 0.3 is 12.1 Å². The van der Waals surface area contributed by atoms with Crippen molar-refractivity contribution in [1.82, 2.24) is 14.9 Å². The first-order valence-electron chi connectivity index (χ1n) is 6.05. The van der Waals surface area contributed by atoms with E-state index in [1.165, 1.54) is 20.9 Å². The van der Waals surface area contributed by atoms with E-state index in [1.807, 2.05) is 0 Å². The van der Waals surface area contributed by atoms with E-state index in [2.05, 4.69) is 10.3 Å². The topological polar surface area (TPSA) is 90.4 Å². The average Bonchev–Trinajstić information content (AvgIpc) is 2.86. The van der Waals surface area contributed by atoms with Gasteiger partial charge in [-0.1, -0.05) is 5.16 Å². The number of rotatable bonds is 4. The Hall–Kier alpha value is -2.52. The number of halogens is 3. The summed E-state index contributed by atoms with van der Waals surface area (Å²) >= 11 is 0. The fourth-order valence-corrected chi connectivity index (χ4v) is 2.02. The van der Waals surface area contributed by atoms with E-state index in [0.717, 1.165) is 4.68 Å². The summed E-state index contributed by atoms with van der Waals surface area (Å²) in [6.07, 6.45) is -4.54. The van der Waals surface area contributed by atoms with Gasteiger partial charge in [-0.15, -0.1) is 0 Å². The van der Waals surface area contributed by atoms with Crippen molar-refractivity contribution in [2.75, 3.05) is 6.61 Å². The molecule has 0 atom stereocenters. The van der Waals surface area contributed by atoms with E-state index in [-0.39, 0.29) is 34.2 Å². The molecule has 0 unspecified atom stereocenters. The lowest BCUT2D eigenvalue weighted by molar-refractivity contribution is -0.154. The molecule has 0 aliphatic rings. The lowest BCUT2D eigenvalue weighted by Gasteiger charge is -2.10. The first-order chi connectivity index (χ1) is 10.1. The number of nitrogens with zero attached hydrogens (tertiary/aromatic N) is 3. The Kier molecular flexibility index (Phi) is 3.86. The van der Waals surface area contributed by atoms with Gasteiger partial charge in [0.1, 0.15) is 17.0 Å². The Morgan fingerprint density at radius 2 is 2.05 bits per heavy atom. The van der Waals surface area contributed by atoms with Crippen molar-refractivity contribution in [3.8, 4) is 17.1 Å². The van der Waals surface area contributed by atoms with Gasteiger partial charge in [0.15, 0.2) is 6.61 Å². The van der Waals surface area contributed by atoms with Crippen LogP contribution in [0.2, 0.25) is 0 Å². The minimum Gasteiger partial charge on any atom is -0.477 e. The van der Waals surface area contributed by atoms with Gasteiger partial charge in [-0.3, -0.25) is 0 Å². The Balaban J connectivity index is 2.54. The highest BCUT2D eigenvalue weighted by Crippen LogP contribution is 2.36. The zero-order chi connectivity index (χ0) is 16.7. The van der Waals surface area contributed by atoms with Gasteiger partial charge in [-0.25, -0.2) is 9.48 Å². The number of hydrogen-bond donors (Lipinski definition) is 1. The monoisotopic (exact) mass is 319 g/mol. The van der Waals surface area contributed by atoms with Gasteiger partial charge in [0.25, 0.3) is 0 Å². The molecule has 2 heterocycles. The van der Waals surface area contributed by atoms with Crippen LogP contribution >= 0.6 is 0 Å². The van der Waals surface area contributed by atoms with Gasteiger partial charge in [0.2, 0.25) is 5.88 Å². The van der Waals surface area contributed by atoms with Crippen molar-refractivity contribution < 1.29 is 32.3 Å². The number of aryl methyl sites for hydroxylation is 3. The first kappa shape index (κ1) is 15.9. The molecule has 10 heteroatoms. The summed E-state index contributed by atoms with van der Waals surface area (Å²) in [4.78, 5) is 11.3. The molecular formula is C12H12F3N3O4. The van der Waals surface area contributed by atoms with Crippen LogP contribution in [0.25, 0.3) is 11.3 Å². The highest BCUT2D eigenvalue weighted by Gasteiger charge is 2.32. The molecule has 0 spiro atoms. The van der Waals surface area contributed by atoms with E-state index in [0.29, 0.717) is 0 Å². The highest BCUT2D eigenvalue weighted by atomic mass is 19.4. The zero-order valence-corrected chi connectivity index (χ0v) is 11.9. The standard InChI is InChI=1S/C12H12F3N3O4/c1-5-7(9-8(11(19)20)6(2)22-17-9)10(18(3)16-5)21-4-12(13,14)15/h4H2,1-3H3,(H,19,20). The second-order valence-electron chi connectivity index (χ2n) is 4.56. The van der Waals surface area contributed by atoms with Gasteiger partial charge in [0.05, 0.1) is 11.3 Å². The van der Waals surface area contributed by atoms with Crippen LogP contribution in [0.15, 0.2) is 4.52 Å². The van der Waals surface area contributed by atoms with E-state index in [4.69, 9.17) is 9.26 Å². The quantitative estimate of drug-likeness (QED) is 0.930. The molecule has 0 radical (unpaired) electrons. The second-order valence-corrected chi connectivity index (χ2v) is 4.56. The molecule has 2 aromatic rings. The number of ether oxygens (including phenoxy) is 1. The summed E-state index contributed by atoms with van der Waals surface area (Å²) in [5.41, 5.74) is -0.0304. The molecule has 0 aromatic carbocycles. The number of carbonyl (C=O) groups is 1. The predicted octanol–water partition coefficient (Wildman–Crippen LogP) is 2.33. The molecule has 0 saturated heterocycles. The second kappa shape index (κ2) is 5.35. The lowest BCUT2D eigenvalue weighted by atomic mass is 10.1. The number of aromatic carboxylic acids is 1. The summed E-state index contributed by atoms with van der Waals surface area (Å²) in [6, 6.07) is 0. The van der Waals surface area contributed by atoms with Crippen molar-refractivity contribution in [3.05, 3.63) is 17.0 Å². The van der Waals surface area contributed by atoms with Crippen LogP contribution < -0.4 is 4.74 Å². The molecule has 0 amide bonds. The summed E-state index contributed by atoms with van der Waals surface area (Å²) in [5.74, 6) is -1.50. The smallest absolute Gasteiger partial charge is 0.422 e. The zero-order valence-electron chi connectivity index (χ0n) is 11.9. The van der Waals surface area contributed by atoms with Crippen LogP contribution in [0, 0.1) is 13.8 Å². The Bertz CT molecular complexity index is 718. The third kappa shape index (κ3) is 2.90. The maximum atomic E-state index is 12.3. The minimum absolute atomic E-state index is 0.0347. The summed E-state index contributed by atoms with van der Waals surface area (Å²) in [5, 5.41) is 16.8. The van der Waals surface area contributed by atoms with Crippen molar-refractivity contribution in [1.29, 1.82) is 0 Å². The van der Waals surface area contributed by atoms with Crippen LogP contribution in [0.1, 0.15) is 21.8 Å². The predicted molar refractivity (Wildman–Crippen MR) is 66.7 cm³/mol. The lowest BCUT2D eigenvalue weighted by Crippen LogP contribution is -2.20. The van der Waals surface area contributed by atoms with Gasteiger partial charge in [-0.05, 0) is 13.8 Å². The SMILES string of the molecule is Cc1nn(C)c(OCC(F)(F)F)c1-c1noc(C)c1C(=O)O. The largest absolute Gasteiger partial charge is 0.477 e. The Morgan fingerprint density at radius 1 is 1.41 bits per heavy atom. The average molecular weight is 319 g/mol. The van der Waals surface area contributed by atoms with Crippen LogP contribution in [-0.2, 0) is 7.05 Å². The molecule has 0 saturated carbocycles. The minimum atomic E-state index is -4.54. The summed E-state index contributed by atoms with van der Waals surface area (Å²) in [7, 11) is 1.38. The number of aromatic nitrogens is 3. The van der Waals surface area contributed by atoms with E-state index >= 15 is 0 Å². The molecule has 0 aliphatic heterocycles. The first-order valence-corrected chi connectivity index (χ1v) is 6.05.